The molecule has 7 heteroatoms. The lowest BCUT2D eigenvalue weighted by Crippen LogP contribution is -2.28. The van der Waals surface area contributed by atoms with E-state index in [4.69, 9.17) is 10.5 Å². The number of nitrogen functional groups attached to an aromatic ring is 1. The lowest BCUT2D eigenvalue weighted by molar-refractivity contribution is 0.0959. The van der Waals surface area contributed by atoms with E-state index in [1.807, 2.05) is 0 Å². The van der Waals surface area contributed by atoms with E-state index in [0.717, 1.165) is 10.8 Å². The highest BCUT2D eigenvalue weighted by atomic mass is 32.2. The van der Waals surface area contributed by atoms with Gasteiger partial charge in [-0.2, -0.15) is 4.98 Å². The molecule has 1 atom stereocenters. The van der Waals surface area contributed by atoms with Crippen LogP contribution in [0.2, 0.25) is 0 Å². The number of anilines is 1. The van der Waals surface area contributed by atoms with E-state index in [-0.39, 0.29) is 5.82 Å². The minimum absolute atomic E-state index is 0.388. The third-order valence-electron chi connectivity index (χ3n) is 1.76. The average Bonchev–Trinajstić information content (AvgIpc) is 2.64. The van der Waals surface area contributed by atoms with Crippen molar-refractivity contribution in [2.24, 2.45) is 0 Å². The predicted octanol–water partition coefficient (Wildman–Crippen LogP) is 0.346. The van der Waals surface area contributed by atoms with E-state index < -0.39 is 17.7 Å². The second kappa shape index (κ2) is 3.58. The number of thioether (sulfide) groups is 1. The Labute approximate surface area is 83.1 Å². The lowest BCUT2D eigenvalue weighted by Gasteiger charge is -2.11. The zero-order valence-electron chi connectivity index (χ0n) is 7.01. The molecule has 0 unspecified atom stereocenters. The highest BCUT2D eigenvalue weighted by Gasteiger charge is 2.20. The highest BCUT2D eigenvalue weighted by Crippen LogP contribution is 2.27. The van der Waals surface area contributed by atoms with Crippen LogP contribution in [0.15, 0.2) is 11.0 Å². The molecular formula is C7H7FN3O2S. The Bertz CT molecular complexity index is 402. The fraction of sp³-hybridized carbons (Fsp3) is 0.286. The number of hydrogen-bond acceptors (Lipinski definition) is 5. The van der Waals surface area contributed by atoms with Crippen LogP contribution in [0.5, 0.6) is 0 Å². The SMILES string of the molecule is Nc1nc(=O)n([C@@H]2CS[CH]O2)cc1F. The fourth-order valence-electron chi connectivity index (χ4n) is 1.07. The van der Waals surface area contributed by atoms with Crippen LogP contribution in [0.4, 0.5) is 10.2 Å². The summed E-state index contributed by atoms with van der Waals surface area (Å²) < 4.78 is 19.1. The number of rotatable bonds is 1. The Morgan fingerprint density at radius 2 is 2.57 bits per heavy atom. The number of hydrogen-bond donors (Lipinski definition) is 1. The molecule has 1 aromatic rings. The molecule has 1 fully saturated rings. The van der Waals surface area contributed by atoms with Crippen molar-refractivity contribution in [2.45, 2.75) is 6.23 Å². The van der Waals surface area contributed by atoms with E-state index in [0.29, 0.717) is 5.75 Å². The molecule has 5 nitrogen and oxygen atoms in total. The summed E-state index contributed by atoms with van der Waals surface area (Å²) in [7, 11) is 0. The topological polar surface area (TPSA) is 70.1 Å². The Hall–Kier alpha value is -1.08. The third kappa shape index (κ3) is 1.60. The summed E-state index contributed by atoms with van der Waals surface area (Å²) in [6.45, 7) is 0. The van der Waals surface area contributed by atoms with Gasteiger partial charge in [-0.05, 0) is 0 Å². The number of nitrogens with zero attached hydrogens (tertiary/aromatic N) is 2. The van der Waals surface area contributed by atoms with Crippen molar-refractivity contribution < 1.29 is 9.13 Å². The maximum atomic E-state index is 13.0. The van der Waals surface area contributed by atoms with Crippen molar-refractivity contribution in [3.05, 3.63) is 28.4 Å². The Morgan fingerprint density at radius 3 is 3.21 bits per heavy atom. The standard InChI is InChI=1S/C7H7FN3O2S/c8-4-1-11(5-2-14-3-13-5)7(12)10-6(4)9/h1,3,5H,2H2,(H2,9,10,12)/t5-/m0/s1. The number of nitrogens with two attached hydrogens (primary N) is 1. The van der Waals surface area contributed by atoms with Gasteiger partial charge in [0, 0.05) is 5.75 Å². The van der Waals surface area contributed by atoms with Gasteiger partial charge in [-0.25, -0.2) is 9.18 Å². The van der Waals surface area contributed by atoms with Crippen LogP contribution in [0.25, 0.3) is 0 Å². The number of halogens is 1. The largest absolute Gasteiger partial charge is 0.381 e. The first-order chi connectivity index (χ1) is 6.68. The molecule has 75 valence electrons. The van der Waals surface area contributed by atoms with Gasteiger partial charge in [0.2, 0.25) is 0 Å². The van der Waals surface area contributed by atoms with Crippen molar-refractivity contribution in [2.75, 3.05) is 11.5 Å². The molecule has 0 aliphatic carbocycles. The monoisotopic (exact) mass is 216 g/mol. The van der Waals surface area contributed by atoms with Gasteiger partial charge in [-0.1, -0.05) is 0 Å². The van der Waals surface area contributed by atoms with E-state index in [9.17, 15) is 9.18 Å². The van der Waals surface area contributed by atoms with Gasteiger partial charge in [0.15, 0.2) is 11.6 Å². The molecule has 1 radical (unpaired) electrons. The van der Waals surface area contributed by atoms with Crippen LogP contribution in [-0.4, -0.2) is 15.3 Å². The highest BCUT2D eigenvalue weighted by molar-refractivity contribution is 8.01. The van der Waals surface area contributed by atoms with Gasteiger partial charge < -0.3 is 10.5 Å². The van der Waals surface area contributed by atoms with Crippen molar-refractivity contribution in [3.8, 4) is 0 Å². The fourth-order valence-corrected chi connectivity index (χ4v) is 1.76. The summed E-state index contributed by atoms with van der Waals surface area (Å²) >= 11 is 1.41. The Kier molecular flexibility index (Phi) is 2.42. The Balaban J connectivity index is 2.42. The summed E-state index contributed by atoms with van der Waals surface area (Å²) in [5.74, 6) is 0.960. The van der Waals surface area contributed by atoms with Gasteiger partial charge in [0.1, 0.15) is 12.2 Å². The minimum atomic E-state index is -0.717. The molecule has 0 amide bonds. The van der Waals surface area contributed by atoms with Gasteiger partial charge in [-0.15, -0.1) is 11.8 Å². The van der Waals surface area contributed by atoms with Crippen LogP contribution in [-0.2, 0) is 4.74 Å². The quantitative estimate of drug-likeness (QED) is 0.733. The molecule has 0 aromatic carbocycles. The second-order valence-corrected chi connectivity index (χ2v) is 3.54. The first-order valence-corrected chi connectivity index (χ1v) is 4.86. The molecule has 1 aliphatic rings. The molecular weight excluding hydrogens is 209 g/mol. The Morgan fingerprint density at radius 1 is 1.79 bits per heavy atom. The predicted molar refractivity (Wildman–Crippen MR) is 49.7 cm³/mol. The smallest absolute Gasteiger partial charge is 0.351 e. The summed E-state index contributed by atoms with van der Waals surface area (Å²) in [5, 5.41) is 0. The number of aromatic nitrogens is 2. The molecule has 2 heterocycles. The zero-order valence-corrected chi connectivity index (χ0v) is 7.83. The molecule has 1 saturated heterocycles. The molecule has 1 aliphatic heterocycles. The molecule has 0 bridgehead atoms. The average molecular weight is 216 g/mol. The van der Waals surface area contributed by atoms with Crippen LogP contribution in [0, 0.1) is 11.8 Å². The molecule has 0 spiro atoms. The first kappa shape index (κ1) is 9.47. The van der Waals surface area contributed by atoms with Gasteiger partial charge in [0.25, 0.3) is 0 Å². The summed E-state index contributed by atoms with van der Waals surface area (Å²) in [6.07, 6.45) is 0.518. The van der Waals surface area contributed by atoms with Crippen LogP contribution >= 0.6 is 11.8 Å². The van der Waals surface area contributed by atoms with E-state index in [1.54, 1.807) is 0 Å². The maximum absolute atomic E-state index is 13.0. The summed E-state index contributed by atoms with van der Waals surface area (Å²) in [4.78, 5) is 14.6. The first-order valence-electron chi connectivity index (χ1n) is 3.81. The molecule has 14 heavy (non-hydrogen) atoms. The van der Waals surface area contributed by atoms with Crippen LogP contribution < -0.4 is 11.4 Å². The molecule has 1 aromatic heterocycles. The van der Waals surface area contributed by atoms with Crippen LogP contribution in [0.3, 0.4) is 0 Å². The van der Waals surface area contributed by atoms with Crippen molar-refractivity contribution in [1.29, 1.82) is 0 Å². The van der Waals surface area contributed by atoms with Gasteiger partial charge in [-0.3, -0.25) is 4.57 Å². The van der Waals surface area contributed by atoms with Crippen molar-refractivity contribution in [3.63, 3.8) is 0 Å². The second-order valence-electron chi connectivity index (χ2n) is 2.68. The van der Waals surface area contributed by atoms with E-state index in [1.165, 1.54) is 17.7 Å². The molecule has 2 N–H and O–H groups in total. The van der Waals surface area contributed by atoms with Crippen LogP contribution in [0.1, 0.15) is 6.23 Å². The minimum Gasteiger partial charge on any atom is -0.381 e. The van der Waals surface area contributed by atoms with E-state index >= 15 is 0 Å². The summed E-state index contributed by atoms with van der Waals surface area (Å²) in [6, 6.07) is 0. The molecule has 0 saturated carbocycles. The van der Waals surface area contributed by atoms with E-state index in [2.05, 4.69) is 4.98 Å². The zero-order chi connectivity index (χ0) is 10.1. The van der Waals surface area contributed by atoms with Gasteiger partial charge >= 0.3 is 5.69 Å². The van der Waals surface area contributed by atoms with Crippen molar-refractivity contribution in [1.82, 2.24) is 9.55 Å². The lowest BCUT2D eigenvalue weighted by atomic mass is 10.5. The summed E-state index contributed by atoms with van der Waals surface area (Å²) in [5.41, 5.74) is 4.53. The maximum Gasteiger partial charge on any atom is 0.351 e. The normalized spacial score (nSPS) is 21.4. The van der Waals surface area contributed by atoms with Gasteiger partial charge in [0.05, 0.1) is 6.20 Å². The van der Waals surface area contributed by atoms with Crippen molar-refractivity contribution >= 4 is 17.6 Å². The third-order valence-corrected chi connectivity index (χ3v) is 2.49. The molecule has 2 rings (SSSR count). The number of ether oxygens (including phenoxy) is 1.